The molecule has 0 bridgehead atoms. The van der Waals surface area contributed by atoms with Crippen LogP contribution in [0.2, 0.25) is 0 Å². The molecule has 3 N–H and O–H groups in total. The first-order valence-corrected chi connectivity index (χ1v) is 8.82. The molecule has 1 aromatic carbocycles. The third-order valence-electron chi connectivity index (χ3n) is 3.05. The third-order valence-corrected chi connectivity index (χ3v) is 4.70. The summed E-state index contributed by atoms with van der Waals surface area (Å²) in [6.45, 7) is 7.42. The van der Waals surface area contributed by atoms with Gasteiger partial charge in [-0.25, -0.2) is 17.9 Å². The first kappa shape index (κ1) is 18.4. The van der Waals surface area contributed by atoms with Gasteiger partial charge in [0.05, 0.1) is 10.5 Å². The summed E-state index contributed by atoms with van der Waals surface area (Å²) >= 11 is 0. The summed E-state index contributed by atoms with van der Waals surface area (Å²) in [7, 11) is -3.71. The lowest BCUT2D eigenvalue weighted by Crippen LogP contribution is -2.30. The number of carboxylic acids is 1. The van der Waals surface area contributed by atoms with E-state index in [0.29, 0.717) is 5.69 Å². The predicted molar refractivity (Wildman–Crippen MR) is 86.9 cm³/mol. The van der Waals surface area contributed by atoms with Gasteiger partial charge in [0.15, 0.2) is 0 Å². The summed E-state index contributed by atoms with van der Waals surface area (Å²) in [5, 5.41) is 12.4. The first-order chi connectivity index (χ1) is 10.2. The van der Waals surface area contributed by atoms with E-state index in [9.17, 15) is 18.3 Å². The van der Waals surface area contributed by atoms with E-state index in [1.165, 1.54) is 18.2 Å². The van der Waals surface area contributed by atoms with Crippen molar-refractivity contribution in [1.29, 1.82) is 0 Å². The second-order valence-electron chi connectivity index (χ2n) is 5.62. The summed E-state index contributed by atoms with van der Waals surface area (Å²) in [4.78, 5) is 11.4. The van der Waals surface area contributed by atoms with Gasteiger partial charge in [-0.15, -0.1) is 0 Å². The number of carbonyl (C=O) groups is 1. The Hall–Kier alpha value is -1.60. The van der Waals surface area contributed by atoms with Crippen molar-refractivity contribution in [2.45, 2.75) is 57.5 Å². The number of aromatic carboxylic acids is 1. The molecule has 0 saturated carbocycles. The van der Waals surface area contributed by atoms with Crippen molar-refractivity contribution in [3.8, 4) is 0 Å². The van der Waals surface area contributed by atoms with Crippen molar-refractivity contribution in [3.05, 3.63) is 23.8 Å². The Labute approximate surface area is 132 Å². The maximum atomic E-state index is 12.1. The molecule has 0 aromatic heterocycles. The van der Waals surface area contributed by atoms with E-state index in [0.717, 1.165) is 12.8 Å². The summed E-state index contributed by atoms with van der Waals surface area (Å²) in [6, 6.07) is 3.96. The normalized spacial score (nSPS) is 13.1. The Bertz CT molecular complexity index is 626. The topological polar surface area (TPSA) is 95.5 Å². The van der Waals surface area contributed by atoms with Gasteiger partial charge in [-0.2, -0.15) is 0 Å². The quantitative estimate of drug-likeness (QED) is 0.682. The molecule has 7 heteroatoms. The monoisotopic (exact) mass is 328 g/mol. The molecule has 1 rings (SSSR count). The highest BCUT2D eigenvalue weighted by Crippen LogP contribution is 2.22. The number of sulfonamides is 1. The zero-order valence-electron chi connectivity index (χ0n) is 13.4. The molecule has 0 unspecified atom stereocenters. The SMILES string of the molecule is CCC[C@@H](C)Nc1ccc(S(=O)(=O)NC(C)C)cc1C(=O)O. The average Bonchev–Trinajstić information content (AvgIpc) is 2.37. The Morgan fingerprint density at radius 3 is 2.41 bits per heavy atom. The number of nitrogens with one attached hydrogen (secondary N) is 2. The lowest BCUT2D eigenvalue weighted by molar-refractivity contribution is 0.0697. The summed E-state index contributed by atoms with van der Waals surface area (Å²) in [6.07, 6.45) is 1.87. The fraction of sp³-hybridized carbons (Fsp3) is 0.533. The Kier molecular flexibility index (Phi) is 6.37. The number of hydrogen-bond donors (Lipinski definition) is 3. The molecular formula is C15H24N2O4S. The molecule has 0 fully saturated rings. The molecule has 0 heterocycles. The predicted octanol–water partition coefficient (Wildman–Crippen LogP) is 2.67. The Morgan fingerprint density at radius 1 is 1.27 bits per heavy atom. The lowest BCUT2D eigenvalue weighted by Gasteiger charge is -2.17. The van der Waals surface area contributed by atoms with Gasteiger partial charge in [0.1, 0.15) is 0 Å². The highest BCUT2D eigenvalue weighted by molar-refractivity contribution is 7.89. The van der Waals surface area contributed by atoms with Crippen molar-refractivity contribution in [1.82, 2.24) is 4.72 Å². The first-order valence-electron chi connectivity index (χ1n) is 7.33. The number of benzene rings is 1. The molecule has 124 valence electrons. The lowest BCUT2D eigenvalue weighted by atomic mass is 10.1. The molecule has 0 aliphatic heterocycles. The van der Waals surface area contributed by atoms with E-state index < -0.39 is 16.0 Å². The summed E-state index contributed by atoms with van der Waals surface area (Å²) in [5.74, 6) is -1.16. The van der Waals surface area contributed by atoms with Crippen molar-refractivity contribution in [2.75, 3.05) is 5.32 Å². The molecule has 0 spiro atoms. The molecule has 0 aliphatic carbocycles. The van der Waals surface area contributed by atoms with Gasteiger partial charge in [-0.1, -0.05) is 13.3 Å². The minimum Gasteiger partial charge on any atom is -0.478 e. The molecule has 6 nitrogen and oxygen atoms in total. The molecule has 1 atom stereocenters. The van der Waals surface area contributed by atoms with Crippen LogP contribution in [0.15, 0.2) is 23.1 Å². The molecule has 0 aliphatic rings. The molecule has 0 amide bonds. The van der Waals surface area contributed by atoms with Crippen LogP contribution < -0.4 is 10.0 Å². The van der Waals surface area contributed by atoms with Crippen LogP contribution in [-0.2, 0) is 10.0 Å². The summed E-state index contributed by atoms with van der Waals surface area (Å²) < 4.78 is 26.7. The van der Waals surface area contributed by atoms with Crippen LogP contribution >= 0.6 is 0 Å². The van der Waals surface area contributed by atoms with E-state index in [4.69, 9.17) is 0 Å². The van der Waals surface area contributed by atoms with Gasteiger partial charge in [0.2, 0.25) is 10.0 Å². The van der Waals surface area contributed by atoms with Crippen molar-refractivity contribution in [3.63, 3.8) is 0 Å². The van der Waals surface area contributed by atoms with E-state index in [1.807, 2.05) is 13.8 Å². The van der Waals surface area contributed by atoms with Crippen LogP contribution in [0.1, 0.15) is 50.9 Å². The highest BCUT2D eigenvalue weighted by Gasteiger charge is 2.20. The maximum Gasteiger partial charge on any atom is 0.337 e. The van der Waals surface area contributed by atoms with Crippen LogP contribution in [0.4, 0.5) is 5.69 Å². The number of carboxylic acid groups (broad SMARTS) is 1. The van der Waals surface area contributed by atoms with Gasteiger partial charge in [-0.05, 0) is 45.4 Å². The molecule has 0 saturated heterocycles. The van der Waals surface area contributed by atoms with Crippen molar-refractivity contribution < 1.29 is 18.3 Å². The third kappa shape index (κ3) is 4.99. The van der Waals surface area contributed by atoms with Crippen molar-refractivity contribution >= 4 is 21.7 Å². The van der Waals surface area contributed by atoms with Crippen LogP contribution in [0.3, 0.4) is 0 Å². The van der Waals surface area contributed by atoms with E-state index in [-0.39, 0.29) is 22.5 Å². The van der Waals surface area contributed by atoms with E-state index >= 15 is 0 Å². The van der Waals surface area contributed by atoms with Crippen LogP contribution in [0.25, 0.3) is 0 Å². The Balaban J connectivity index is 3.17. The van der Waals surface area contributed by atoms with Crippen LogP contribution in [0.5, 0.6) is 0 Å². The molecule has 1 aromatic rings. The minimum absolute atomic E-state index is 0.0467. The van der Waals surface area contributed by atoms with Crippen LogP contribution in [0, 0.1) is 0 Å². The Morgan fingerprint density at radius 2 is 1.91 bits per heavy atom. The minimum atomic E-state index is -3.71. The smallest absolute Gasteiger partial charge is 0.337 e. The fourth-order valence-electron chi connectivity index (χ4n) is 2.14. The van der Waals surface area contributed by atoms with Gasteiger partial charge >= 0.3 is 5.97 Å². The second-order valence-corrected chi connectivity index (χ2v) is 7.34. The van der Waals surface area contributed by atoms with Gasteiger partial charge in [0.25, 0.3) is 0 Å². The number of hydrogen-bond acceptors (Lipinski definition) is 4. The standard InChI is InChI=1S/C15H24N2O4S/c1-5-6-11(4)16-14-8-7-12(9-13(14)15(18)19)22(20,21)17-10(2)3/h7-11,16-17H,5-6H2,1-4H3,(H,18,19)/t11-/m1/s1. The zero-order valence-corrected chi connectivity index (χ0v) is 14.2. The largest absolute Gasteiger partial charge is 0.478 e. The number of anilines is 1. The fourth-order valence-corrected chi connectivity index (χ4v) is 3.42. The maximum absolute atomic E-state index is 12.1. The van der Waals surface area contributed by atoms with Crippen molar-refractivity contribution in [2.24, 2.45) is 0 Å². The number of rotatable bonds is 8. The van der Waals surface area contributed by atoms with E-state index in [1.54, 1.807) is 13.8 Å². The van der Waals surface area contributed by atoms with E-state index in [2.05, 4.69) is 10.0 Å². The average molecular weight is 328 g/mol. The second kappa shape index (κ2) is 7.60. The van der Waals surface area contributed by atoms with Gasteiger partial charge in [0, 0.05) is 17.8 Å². The van der Waals surface area contributed by atoms with Gasteiger partial charge < -0.3 is 10.4 Å². The molecule has 22 heavy (non-hydrogen) atoms. The highest BCUT2D eigenvalue weighted by atomic mass is 32.2. The van der Waals surface area contributed by atoms with Gasteiger partial charge in [-0.3, -0.25) is 0 Å². The van der Waals surface area contributed by atoms with Crippen LogP contribution in [-0.4, -0.2) is 31.6 Å². The molecular weight excluding hydrogens is 304 g/mol. The molecule has 0 radical (unpaired) electrons. The zero-order chi connectivity index (χ0) is 16.9. The summed E-state index contributed by atoms with van der Waals surface area (Å²) in [5.41, 5.74) is 0.381.